The van der Waals surface area contributed by atoms with Crippen LogP contribution in [0.25, 0.3) is 0 Å². The first-order valence-corrected chi connectivity index (χ1v) is 8.63. The van der Waals surface area contributed by atoms with Gasteiger partial charge in [-0.2, -0.15) is 5.10 Å². The van der Waals surface area contributed by atoms with Crippen molar-refractivity contribution in [3.05, 3.63) is 54.4 Å². The number of piperidine rings is 1. The molecule has 1 aliphatic rings. The largest absolute Gasteiger partial charge is 0.374 e. The number of para-hydroxylation sites is 2. The highest BCUT2D eigenvalue weighted by Gasteiger charge is 2.14. The van der Waals surface area contributed by atoms with Crippen LogP contribution in [0.3, 0.4) is 0 Å². The van der Waals surface area contributed by atoms with E-state index in [0.29, 0.717) is 0 Å². The van der Waals surface area contributed by atoms with Gasteiger partial charge in [0.1, 0.15) is 0 Å². The summed E-state index contributed by atoms with van der Waals surface area (Å²) in [5.41, 5.74) is 5.57. The molecule has 130 valence electrons. The van der Waals surface area contributed by atoms with E-state index in [1.54, 1.807) is 18.6 Å². The molecule has 0 unspecified atom stereocenters. The van der Waals surface area contributed by atoms with Crippen LogP contribution in [-0.4, -0.2) is 36.7 Å². The summed E-state index contributed by atoms with van der Waals surface area (Å²) in [6, 6.07) is 11.8. The van der Waals surface area contributed by atoms with Crippen LogP contribution < -0.4 is 15.6 Å². The third-order valence-electron chi connectivity index (χ3n) is 4.15. The van der Waals surface area contributed by atoms with Crippen molar-refractivity contribution in [2.75, 3.05) is 29.9 Å². The molecule has 1 saturated heterocycles. The van der Waals surface area contributed by atoms with E-state index in [9.17, 15) is 4.79 Å². The average molecular weight is 337 g/mol. The zero-order valence-corrected chi connectivity index (χ0v) is 14.2. The fourth-order valence-electron chi connectivity index (χ4n) is 2.88. The molecule has 0 spiro atoms. The first-order valence-electron chi connectivity index (χ1n) is 8.63. The molecule has 1 fully saturated rings. The number of aromatic nitrogens is 1. The molecule has 0 bridgehead atoms. The number of hydrogen-bond donors (Lipinski definition) is 2. The molecule has 0 atom stereocenters. The Morgan fingerprint density at radius 3 is 2.68 bits per heavy atom. The second kappa shape index (κ2) is 8.82. The molecule has 0 aliphatic carbocycles. The van der Waals surface area contributed by atoms with Gasteiger partial charge in [-0.3, -0.25) is 9.78 Å². The minimum Gasteiger partial charge on any atom is -0.374 e. The lowest BCUT2D eigenvalue weighted by Gasteiger charge is -2.30. The Hall–Kier alpha value is -2.89. The number of carbonyl (C=O) groups is 1. The van der Waals surface area contributed by atoms with E-state index in [-0.39, 0.29) is 12.5 Å². The van der Waals surface area contributed by atoms with Gasteiger partial charge < -0.3 is 10.2 Å². The van der Waals surface area contributed by atoms with Gasteiger partial charge in [0.15, 0.2) is 0 Å². The molecule has 2 heterocycles. The molecular formula is C19H23N5O. The Kier molecular flexibility index (Phi) is 5.98. The molecule has 1 aromatic heterocycles. The number of benzene rings is 1. The van der Waals surface area contributed by atoms with E-state index in [1.165, 1.54) is 19.3 Å². The molecule has 0 radical (unpaired) electrons. The Morgan fingerprint density at radius 2 is 1.88 bits per heavy atom. The maximum absolute atomic E-state index is 12.0. The van der Waals surface area contributed by atoms with Crippen LogP contribution in [0.2, 0.25) is 0 Å². The standard InChI is InChI=1S/C19H23N5O/c25-19(23-22-14-16-8-10-20-11-9-16)15-21-17-6-2-3-7-18(17)24-12-4-1-5-13-24/h2-3,6-11,14,21H,1,4-5,12-13,15H2,(H,23,25). The highest BCUT2D eigenvalue weighted by atomic mass is 16.2. The Balaban J connectivity index is 1.53. The predicted molar refractivity (Wildman–Crippen MR) is 101 cm³/mol. The van der Waals surface area contributed by atoms with Gasteiger partial charge >= 0.3 is 0 Å². The topological polar surface area (TPSA) is 69.6 Å². The minimum absolute atomic E-state index is 0.179. The summed E-state index contributed by atoms with van der Waals surface area (Å²) in [7, 11) is 0. The van der Waals surface area contributed by atoms with Crippen molar-refractivity contribution in [2.45, 2.75) is 19.3 Å². The number of nitrogens with zero attached hydrogens (tertiary/aromatic N) is 3. The summed E-state index contributed by atoms with van der Waals surface area (Å²) in [5, 5.41) is 7.18. The van der Waals surface area contributed by atoms with Gasteiger partial charge in [-0.25, -0.2) is 5.43 Å². The number of carbonyl (C=O) groups excluding carboxylic acids is 1. The second-order valence-electron chi connectivity index (χ2n) is 5.99. The van der Waals surface area contributed by atoms with Crippen LogP contribution in [0.4, 0.5) is 11.4 Å². The van der Waals surface area contributed by atoms with Crippen LogP contribution in [0.5, 0.6) is 0 Å². The van der Waals surface area contributed by atoms with Crippen molar-refractivity contribution >= 4 is 23.5 Å². The number of hydrazone groups is 1. The van der Waals surface area contributed by atoms with Crippen molar-refractivity contribution < 1.29 is 4.79 Å². The lowest BCUT2D eigenvalue weighted by atomic mass is 10.1. The van der Waals surface area contributed by atoms with Crippen LogP contribution in [0, 0.1) is 0 Å². The van der Waals surface area contributed by atoms with Crippen LogP contribution in [-0.2, 0) is 4.79 Å². The zero-order valence-electron chi connectivity index (χ0n) is 14.2. The smallest absolute Gasteiger partial charge is 0.259 e. The molecule has 0 saturated carbocycles. The van der Waals surface area contributed by atoms with Crippen LogP contribution in [0.15, 0.2) is 53.9 Å². The minimum atomic E-state index is -0.182. The number of pyridine rings is 1. The van der Waals surface area contributed by atoms with Gasteiger partial charge in [-0.05, 0) is 49.1 Å². The maximum Gasteiger partial charge on any atom is 0.259 e. The fraction of sp³-hybridized carbons (Fsp3) is 0.316. The van der Waals surface area contributed by atoms with E-state index < -0.39 is 0 Å². The lowest BCUT2D eigenvalue weighted by molar-refractivity contribution is -0.119. The number of nitrogens with one attached hydrogen (secondary N) is 2. The molecule has 3 rings (SSSR count). The van der Waals surface area contributed by atoms with Gasteiger partial charge in [-0.15, -0.1) is 0 Å². The quantitative estimate of drug-likeness (QED) is 0.628. The maximum atomic E-state index is 12.0. The molecule has 25 heavy (non-hydrogen) atoms. The Labute approximate surface area is 148 Å². The molecule has 1 amide bonds. The van der Waals surface area contributed by atoms with E-state index in [0.717, 1.165) is 30.0 Å². The third-order valence-corrected chi connectivity index (χ3v) is 4.15. The van der Waals surface area contributed by atoms with Crippen molar-refractivity contribution in [3.8, 4) is 0 Å². The molecule has 1 aromatic carbocycles. The summed E-state index contributed by atoms with van der Waals surface area (Å²) < 4.78 is 0. The van der Waals surface area contributed by atoms with Gasteiger partial charge in [0.05, 0.1) is 24.1 Å². The molecule has 6 nitrogen and oxygen atoms in total. The SMILES string of the molecule is O=C(CNc1ccccc1N1CCCCC1)NN=Cc1ccncc1. The van der Waals surface area contributed by atoms with E-state index in [2.05, 4.69) is 31.8 Å². The van der Waals surface area contributed by atoms with Crippen molar-refractivity contribution in [1.29, 1.82) is 0 Å². The van der Waals surface area contributed by atoms with E-state index in [4.69, 9.17) is 0 Å². The van der Waals surface area contributed by atoms with Gasteiger partial charge in [0.2, 0.25) is 0 Å². The molecule has 6 heteroatoms. The number of rotatable bonds is 6. The van der Waals surface area contributed by atoms with Crippen molar-refractivity contribution in [3.63, 3.8) is 0 Å². The van der Waals surface area contributed by atoms with Crippen molar-refractivity contribution in [2.24, 2.45) is 5.10 Å². The normalized spacial score (nSPS) is 14.5. The fourth-order valence-corrected chi connectivity index (χ4v) is 2.88. The van der Waals surface area contributed by atoms with E-state index >= 15 is 0 Å². The summed E-state index contributed by atoms with van der Waals surface area (Å²) in [5.74, 6) is -0.182. The number of anilines is 2. The first kappa shape index (κ1) is 17.0. The third kappa shape index (κ3) is 5.04. The van der Waals surface area contributed by atoms with E-state index in [1.807, 2.05) is 30.3 Å². The summed E-state index contributed by atoms with van der Waals surface area (Å²) in [6.07, 6.45) is 8.70. The van der Waals surface area contributed by atoms with Crippen LogP contribution >= 0.6 is 0 Å². The monoisotopic (exact) mass is 337 g/mol. The van der Waals surface area contributed by atoms with Crippen molar-refractivity contribution in [1.82, 2.24) is 10.4 Å². The number of hydrogen-bond acceptors (Lipinski definition) is 5. The summed E-state index contributed by atoms with van der Waals surface area (Å²) >= 11 is 0. The molecule has 1 aliphatic heterocycles. The lowest BCUT2D eigenvalue weighted by Crippen LogP contribution is -2.31. The summed E-state index contributed by atoms with van der Waals surface area (Å²) in [6.45, 7) is 2.32. The van der Waals surface area contributed by atoms with Crippen LogP contribution in [0.1, 0.15) is 24.8 Å². The molecule has 2 N–H and O–H groups in total. The summed E-state index contributed by atoms with van der Waals surface area (Å²) in [4.78, 5) is 18.3. The van der Waals surface area contributed by atoms with Gasteiger partial charge in [0, 0.05) is 25.5 Å². The highest BCUT2D eigenvalue weighted by molar-refractivity contribution is 5.85. The zero-order chi connectivity index (χ0) is 17.3. The molecule has 2 aromatic rings. The van der Waals surface area contributed by atoms with Gasteiger partial charge in [-0.1, -0.05) is 12.1 Å². The Morgan fingerprint density at radius 1 is 1.12 bits per heavy atom. The second-order valence-corrected chi connectivity index (χ2v) is 5.99. The predicted octanol–water partition coefficient (Wildman–Crippen LogP) is 2.63. The Bertz CT molecular complexity index is 711. The molecular weight excluding hydrogens is 314 g/mol. The first-order chi connectivity index (χ1) is 12.3. The average Bonchev–Trinajstić information content (AvgIpc) is 2.68. The number of amides is 1. The van der Waals surface area contributed by atoms with Gasteiger partial charge in [0.25, 0.3) is 5.91 Å². The highest BCUT2D eigenvalue weighted by Crippen LogP contribution is 2.27.